The first-order chi connectivity index (χ1) is 9.38. The van der Waals surface area contributed by atoms with Crippen molar-refractivity contribution in [3.63, 3.8) is 0 Å². The zero-order valence-corrected chi connectivity index (χ0v) is 13.1. The highest BCUT2D eigenvalue weighted by atomic mass is 79.9. The van der Waals surface area contributed by atoms with Crippen molar-refractivity contribution >= 4 is 27.5 Å². The van der Waals surface area contributed by atoms with Crippen molar-refractivity contribution in [2.75, 3.05) is 5.32 Å². The average molecular weight is 335 g/mol. The minimum atomic E-state index is -0.410. The van der Waals surface area contributed by atoms with Crippen molar-refractivity contribution < 1.29 is 4.79 Å². The number of H-pyrrole nitrogens is 1. The Morgan fingerprint density at radius 3 is 2.30 bits per heavy atom. The number of aromatic nitrogens is 1. The van der Waals surface area contributed by atoms with E-state index in [0.29, 0.717) is 5.69 Å². The van der Waals surface area contributed by atoms with Crippen LogP contribution in [-0.4, -0.2) is 10.9 Å². The van der Waals surface area contributed by atoms with E-state index in [-0.39, 0.29) is 11.0 Å². The van der Waals surface area contributed by atoms with Gasteiger partial charge in [0.2, 0.25) is 0 Å². The SMILES string of the molecule is Cc1cc(=O)c(C(=O)Nc2cc(C)c(Br)c(C)c2)c[nH]1. The normalized spacial score (nSPS) is 10.4. The van der Waals surface area contributed by atoms with Gasteiger partial charge < -0.3 is 10.3 Å². The number of anilines is 1. The second-order valence-electron chi connectivity index (χ2n) is 4.77. The van der Waals surface area contributed by atoms with Gasteiger partial charge in [0.25, 0.3) is 5.91 Å². The summed E-state index contributed by atoms with van der Waals surface area (Å²) < 4.78 is 1.02. The van der Waals surface area contributed by atoms with Crippen molar-refractivity contribution in [1.82, 2.24) is 4.98 Å². The third-order valence-electron chi connectivity index (χ3n) is 3.00. The van der Waals surface area contributed by atoms with Crippen LogP contribution in [0.3, 0.4) is 0 Å². The average Bonchev–Trinajstić information content (AvgIpc) is 2.35. The lowest BCUT2D eigenvalue weighted by molar-refractivity contribution is 0.102. The van der Waals surface area contributed by atoms with E-state index < -0.39 is 5.91 Å². The maximum absolute atomic E-state index is 12.1. The monoisotopic (exact) mass is 334 g/mol. The number of carbonyl (C=O) groups excluding carboxylic acids is 1. The van der Waals surface area contributed by atoms with Gasteiger partial charge in [-0.25, -0.2) is 0 Å². The fourth-order valence-corrected chi connectivity index (χ4v) is 2.20. The van der Waals surface area contributed by atoms with Crippen LogP contribution in [-0.2, 0) is 0 Å². The minimum Gasteiger partial charge on any atom is -0.364 e. The van der Waals surface area contributed by atoms with Gasteiger partial charge in [0.1, 0.15) is 5.56 Å². The Morgan fingerprint density at radius 1 is 1.15 bits per heavy atom. The largest absolute Gasteiger partial charge is 0.364 e. The number of halogens is 1. The maximum Gasteiger partial charge on any atom is 0.261 e. The molecule has 2 N–H and O–H groups in total. The van der Waals surface area contributed by atoms with Crippen LogP contribution < -0.4 is 10.7 Å². The molecule has 1 aromatic heterocycles. The molecular weight excluding hydrogens is 320 g/mol. The summed E-state index contributed by atoms with van der Waals surface area (Å²) in [7, 11) is 0. The molecule has 0 fully saturated rings. The first kappa shape index (κ1) is 14.5. The van der Waals surface area contributed by atoms with Gasteiger partial charge in [-0.15, -0.1) is 0 Å². The fraction of sp³-hybridized carbons (Fsp3) is 0.200. The molecule has 104 valence electrons. The van der Waals surface area contributed by atoms with Crippen LogP contribution in [0.2, 0.25) is 0 Å². The molecule has 0 aliphatic rings. The van der Waals surface area contributed by atoms with E-state index in [2.05, 4.69) is 26.2 Å². The Labute approximate surface area is 125 Å². The molecule has 1 amide bonds. The number of pyridine rings is 1. The molecule has 0 atom stereocenters. The molecule has 0 radical (unpaired) electrons. The lowest BCUT2D eigenvalue weighted by Gasteiger charge is -2.09. The number of aromatic amines is 1. The van der Waals surface area contributed by atoms with Crippen LogP contribution in [0.5, 0.6) is 0 Å². The Bertz CT molecular complexity index is 712. The van der Waals surface area contributed by atoms with Gasteiger partial charge in [0.15, 0.2) is 5.43 Å². The van der Waals surface area contributed by atoms with Crippen LogP contribution in [0.1, 0.15) is 27.2 Å². The highest BCUT2D eigenvalue weighted by molar-refractivity contribution is 9.10. The summed E-state index contributed by atoms with van der Waals surface area (Å²) >= 11 is 3.48. The van der Waals surface area contributed by atoms with Crippen LogP contribution >= 0.6 is 15.9 Å². The molecule has 20 heavy (non-hydrogen) atoms. The van der Waals surface area contributed by atoms with Crippen molar-refractivity contribution in [2.24, 2.45) is 0 Å². The Morgan fingerprint density at radius 2 is 1.75 bits per heavy atom. The van der Waals surface area contributed by atoms with Crippen molar-refractivity contribution in [3.8, 4) is 0 Å². The first-order valence-corrected chi connectivity index (χ1v) is 6.95. The highest BCUT2D eigenvalue weighted by Crippen LogP contribution is 2.25. The molecule has 0 saturated carbocycles. The van der Waals surface area contributed by atoms with Gasteiger partial charge in [0.05, 0.1) is 0 Å². The number of amides is 1. The molecule has 4 nitrogen and oxygen atoms in total. The van der Waals surface area contributed by atoms with Crippen molar-refractivity contribution in [3.05, 3.63) is 61.5 Å². The maximum atomic E-state index is 12.1. The predicted molar refractivity (Wildman–Crippen MR) is 83.4 cm³/mol. The summed E-state index contributed by atoms with van der Waals surface area (Å²) in [6, 6.07) is 5.13. The Kier molecular flexibility index (Phi) is 4.09. The van der Waals surface area contributed by atoms with Gasteiger partial charge in [-0.1, -0.05) is 15.9 Å². The minimum absolute atomic E-state index is 0.105. The summed E-state index contributed by atoms with van der Waals surface area (Å²) in [4.78, 5) is 26.8. The number of carbonyl (C=O) groups is 1. The van der Waals surface area contributed by atoms with Crippen LogP contribution in [0.15, 0.2) is 33.7 Å². The van der Waals surface area contributed by atoms with Gasteiger partial charge in [-0.3, -0.25) is 9.59 Å². The third-order valence-corrected chi connectivity index (χ3v) is 4.25. The van der Waals surface area contributed by atoms with Crippen LogP contribution in [0, 0.1) is 20.8 Å². The molecule has 0 bridgehead atoms. The zero-order chi connectivity index (χ0) is 14.9. The Balaban J connectivity index is 2.30. The van der Waals surface area contributed by atoms with Crippen molar-refractivity contribution in [1.29, 1.82) is 0 Å². The van der Waals surface area contributed by atoms with Crippen molar-refractivity contribution in [2.45, 2.75) is 20.8 Å². The van der Waals surface area contributed by atoms with E-state index in [1.54, 1.807) is 6.92 Å². The standard InChI is InChI=1S/C15H15BrN2O2/c1-8-4-11(5-9(2)14(8)16)18-15(20)12-7-17-10(3)6-13(12)19/h4-7H,1-3H3,(H,17,19)(H,18,20). The molecule has 0 spiro atoms. The van der Waals surface area contributed by atoms with E-state index >= 15 is 0 Å². The van der Waals surface area contributed by atoms with Crippen LogP contribution in [0.25, 0.3) is 0 Å². The van der Waals surface area contributed by atoms with E-state index in [4.69, 9.17) is 0 Å². The Hall–Kier alpha value is -1.88. The summed E-state index contributed by atoms with van der Waals surface area (Å²) in [6.07, 6.45) is 1.44. The summed E-state index contributed by atoms with van der Waals surface area (Å²) in [5.41, 5.74) is 3.27. The smallest absolute Gasteiger partial charge is 0.261 e. The fourth-order valence-electron chi connectivity index (χ4n) is 1.97. The molecule has 2 aromatic rings. The van der Waals surface area contributed by atoms with E-state index in [1.807, 2.05) is 26.0 Å². The highest BCUT2D eigenvalue weighted by Gasteiger charge is 2.11. The molecule has 1 heterocycles. The first-order valence-electron chi connectivity index (χ1n) is 6.16. The molecule has 0 aliphatic heterocycles. The summed E-state index contributed by atoms with van der Waals surface area (Å²) in [5, 5.41) is 2.75. The lowest BCUT2D eigenvalue weighted by atomic mass is 10.1. The van der Waals surface area contributed by atoms with Crippen LogP contribution in [0.4, 0.5) is 5.69 Å². The zero-order valence-electron chi connectivity index (χ0n) is 11.5. The molecule has 1 aromatic carbocycles. The lowest BCUT2D eigenvalue weighted by Crippen LogP contribution is -2.21. The van der Waals surface area contributed by atoms with Gasteiger partial charge >= 0.3 is 0 Å². The number of benzene rings is 1. The topological polar surface area (TPSA) is 62.0 Å². The molecule has 5 heteroatoms. The quantitative estimate of drug-likeness (QED) is 0.884. The van der Waals surface area contributed by atoms with E-state index in [1.165, 1.54) is 12.3 Å². The van der Waals surface area contributed by atoms with E-state index in [9.17, 15) is 9.59 Å². The number of hydrogen-bond acceptors (Lipinski definition) is 2. The predicted octanol–water partition coefficient (Wildman–Crippen LogP) is 3.31. The second-order valence-corrected chi connectivity index (χ2v) is 5.57. The molecule has 0 saturated heterocycles. The number of nitrogens with one attached hydrogen (secondary N) is 2. The van der Waals surface area contributed by atoms with Gasteiger partial charge in [0, 0.05) is 28.1 Å². The molecule has 0 unspecified atom stereocenters. The number of rotatable bonds is 2. The number of aryl methyl sites for hydroxylation is 3. The van der Waals surface area contributed by atoms with Gasteiger partial charge in [-0.05, 0) is 44.0 Å². The third kappa shape index (κ3) is 2.99. The number of hydrogen-bond donors (Lipinski definition) is 2. The van der Waals surface area contributed by atoms with Gasteiger partial charge in [-0.2, -0.15) is 0 Å². The molecular formula is C15H15BrN2O2. The molecule has 0 aliphatic carbocycles. The summed E-state index contributed by atoms with van der Waals surface area (Å²) in [5.74, 6) is -0.410. The molecule has 2 rings (SSSR count). The van der Waals surface area contributed by atoms with E-state index in [0.717, 1.165) is 21.3 Å². The summed E-state index contributed by atoms with van der Waals surface area (Å²) in [6.45, 7) is 5.67. The second kappa shape index (κ2) is 5.63.